The SMILES string of the molecule is ClCc1cccc(Br)c1OCc1nccs1. The van der Waals surface area contributed by atoms with Gasteiger partial charge in [-0.3, -0.25) is 0 Å². The summed E-state index contributed by atoms with van der Waals surface area (Å²) in [5.74, 6) is 1.24. The molecule has 0 spiro atoms. The number of hydrogen-bond donors (Lipinski definition) is 0. The molecule has 0 aliphatic carbocycles. The molecule has 0 unspecified atom stereocenters. The van der Waals surface area contributed by atoms with E-state index in [0.29, 0.717) is 12.5 Å². The topological polar surface area (TPSA) is 22.1 Å². The molecule has 0 bridgehead atoms. The molecule has 1 aromatic carbocycles. The maximum Gasteiger partial charge on any atom is 0.140 e. The van der Waals surface area contributed by atoms with Crippen LogP contribution in [0.3, 0.4) is 0 Å². The van der Waals surface area contributed by atoms with Crippen LogP contribution in [-0.2, 0) is 12.5 Å². The first-order valence-corrected chi connectivity index (χ1v) is 6.86. The van der Waals surface area contributed by atoms with Crippen molar-refractivity contribution in [1.29, 1.82) is 0 Å². The zero-order valence-corrected chi connectivity index (χ0v) is 11.5. The first kappa shape index (κ1) is 11.9. The Labute approximate surface area is 111 Å². The predicted octanol–water partition coefficient (Wildman–Crippen LogP) is 4.22. The number of halogens is 2. The molecule has 5 heteroatoms. The second kappa shape index (κ2) is 5.66. The number of para-hydroxylation sites is 1. The molecule has 1 aromatic heterocycles. The van der Waals surface area contributed by atoms with Crippen LogP contribution in [0.2, 0.25) is 0 Å². The number of rotatable bonds is 4. The van der Waals surface area contributed by atoms with E-state index in [4.69, 9.17) is 16.3 Å². The third kappa shape index (κ3) is 2.75. The van der Waals surface area contributed by atoms with E-state index in [2.05, 4.69) is 20.9 Å². The van der Waals surface area contributed by atoms with Gasteiger partial charge in [-0.2, -0.15) is 0 Å². The maximum atomic E-state index is 5.85. The fraction of sp³-hybridized carbons (Fsp3) is 0.182. The summed E-state index contributed by atoms with van der Waals surface area (Å²) < 4.78 is 6.64. The van der Waals surface area contributed by atoms with Gasteiger partial charge in [0.2, 0.25) is 0 Å². The number of nitrogens with zero attached hydrogens (tertiary/aromatic N) is 1. The summed E-state index contributed by atoms with van der Waals surface area (Å²) in [5, 5.41) is 2.89. The minimum Gasteiger partial charge on any atom is -0.485 e. The Bertz CT molecular complexity index is 461. The number of hydrogen-bond acceptors (Lipinski definition) is 3. The number of alkyl halides is 1. The lowest BCUT2D eigenvalue weighted by atomic mass is 10.2. The van der Waals surface area contributed by atoms with E-state index in [0.717, 1.165) is 20.8 Å². The van der Waals surface area contributed by atoms with Gasteiger partial charge in [-0.1, -0.05) is 12.1 Å². The molecule has 2 rings (SSSR count). The second-order valence-corrected chi connectivity index (χ2v) is 5.18. The Morgan fingerprint density at radius 2 is 2.31 bits per heavy atom. The molecule has 0 saturated heterocycles. The molecule has 0 fully saturated rings. The predicted molar refractivity (Wildman–Crippen MR) is 70.1 cm³/mol. The number of benzene rings is 1. The molecule has 0 amide bonds. The Morgan fingerprint density at radius 3 is 3.00 bits per heavy atom. The lowest BCUT2D eigenvalue weighted by molar-refractivity contribution is 0.301. The van der Waals surface area contributed by atoms with Gasteiger partial charge in [0.15, 0.2) is 0 Å². The first-order valence-electron chi connectivity index (χ1n) is 4.66. The van der Waals surface area contributed by atoms with E-state index >= 15 is 0 Å². The molecule has 84 valence electrons. The minimum absolute atomic E-state index is 0.437. The third-order valence-electron chi connectivity index (χ3n) is 2.02. The maximum absolute atomic E-state index is 5.85. The molecular weight excluding hydrogens is 310 g/mol. The Balaban J connectivity index is 2.14. The Morgan fingerprint density at radius 1 is 1.44 bits per heavy atom. The van der Waals surface area contributed by atoms with E-state index in [1.165, 1.54) is 0 Å². The van der Waals surface area contributed by atoms with Crippen LogP contribution in [0.5, 0.6) is 5.75 Å². The quantitative estimate of drug-likeness (QED) is 0.787. The van der Waals surface area contributed by atoms with Crippen LogP contribution >= 0.6 is 38.9 Å². The fourth-order valence-electron chi connectivity index (χ4n) is 1.28. The van der Waals surface area contributed by atoms with Gasteiger partial charge < -0.3 is 4.74 Å². The highest BCUT2D eigenvalue weighted by molar-refractivity contribution is 9.10. The normalized spacial score (nSPS) is 10.4. The fourth-order valence-corrected chi connectivity index (χ4v) is 2.54. The molecule has 0 saturated carbocycles. The minimum atomic E-state index is 0.437. The van der Waals surface area contributed by atoms with Crippen LogP contribution in [0.15, 0.2) is 34.2 Å². The molecule has 16 heavy (non-hydrogen) atoms. The summed E-state index contributed by atoms with van der Waals surface area (Å²) in [6, 6.07) is 5.83. The van der Waals surface area contributed by atoms with Crippen molar-refractivity contribution in [3.63, 3.8) is 0 Å². The van der Waals surface area contributed by atoms with Gasteiger partial charge in [-0.15, -0.1) is 22.9 Å². The highest BCUT2D eigenvalue weighted by Gasteiger charge is 2.08. The Hall–Kier alpha value is -0.580. The van der Waals surface area contributed by atoms with Crippen molar-refractivity contribution < 1.29 is 4.74 Å². The van der Waals surface area contributed by atoms with Crippen molar-refractivity contribution in [2.75, 3.05) is 0 Å². The van der Waals surface area contributed by atoms with E-state index < -0.39 is 0 Å². The smallest absolute Gasteiger partial charge is 0.140 e. The van der Waals surface area contributed by atoms with Crippen molar-refractivity contribution in [2.45, 2.75) is 12.5 Å². The van der Waals surface area contributed by atoms with E-state index in [1.54, 1.807) is 17.5 Å². The van der Waals surface area contributed by atoms with Crippen molar-refractivity contribution in [3.05, 3.63) is 44.8 Å². The summed E-state index contributed by atoms with van der Waals surface area (Å²) in [6.07, 6.45) is 1.77. The van der Waals surface area contributed by atoms with E-state index in [1.807, 2.05) is 23.6 Å². The molecular formula is C11H9BrClNOS. The average Bonchev–Trinajstić information content (AvgIpc) is 2.80. The summed E-state index contributed by atoms with van der Waals surface area (Å²) in [7, 11) is 0. The van der Waals surface area contributed by atoms with Gasteiger partial charge in [0.1, 0.15) is 17.4 Å². The summed E-state index contributed by atoms with van der Waals surface area (Å²) in [6.45, 7) is 0.476. The molecule has 0 atom stereocenters. The van der Waals surface area contributed by atoms with Crippen molar-refractivity contribution in [2.24, 2.45) is 0 Å². The Kier molecular flexibility index (Phi) is 4.21. The van der Waals surface area contributed by atoms with Crippen molar-refractivity contribution in [3.8, 4) is 5.75 Å². The van der Waals surface area contributed by atoms with Crippen LogP contribution < -0.4 is 4.74 Å². The van der Waals surface area contributed by atoms with Gasteiger partial charge in [0.25, 0.3) is 0 Å². The van der Waals surface area contributed by atoms with Crippen LogP contribution in [0.1, 0.15) is 10.6 Å². The zero-order chi connectivity index (χ0) is 11.4. The van der Waals surface area contributed by atoms with E-state index in [9.17, 15) is 0 Å². The van der Waals surface area contributed by atoms with Crippen LogP contribution in [-0.4, -0.2) is 4.98 Å². The molecule has 0 aliphatic heterocycles. The average molecular weight is 319 g/mol. The van der Waals surface area contributed by atoms with Crippen molar-refractivity contribution in [1.82, 2.24) is 4.98 Å². The first-order chi connectivity index (χ1) is 7.81. The monoisotopic (exact) mass is 317 g/mol. The summed E-state index contributed by atoms with van der Waals surface area (Å²) >= 11 is 10.9. The summed E-state index contributed by atoms with van der Waals surface area (Å²) in [5.41, 5.74) is 0.979. The molecule has 0 aliphatic rings. The standard InChI is InChI=1S/C11H9BrClNOS/c12-9-3-1-2-8(6-13)11(9)15-7-10-14-4-5-16-10/h1-5H,6-7H2. The molecule has 1 heterocycles. The lowest BCUT2D eigenvalue weighted by Crippen LogP contribution is -1.98. The number of thiazole rings is 1. The zero-order valence-electron chi connectivity index (χ0n) is 8.32. The van der Waals surface area contributed by atoms with Gasteiger partial charge >= 0.3 is 0 Å². The van der Waals surface area contributed by atoms with Crippen LogP contribution in [0.25, 0.3) is 0 Å². The molecule has 0 radical (unpaired) electrons. The lowest BCUT2D eigenvalue weighted by Gasteiger charge is -2.10. The highest BCUT2D eigenvalue weighted by Crippen LogP contribution is 2.30. The largest absolute Gasteiger partial charge is 0.485 e. The number of aromatic nitrogens is 1. The third-order valence-corrected chi connectivity index (χ3v) is 3.68. The highest BCUT2D eigenvalue weighted by atomic mass is 79.9. The van der Waals surface area contributed by atoms with E-state index in [-0.39, 0.29) is 0 Å². The molecule has 2 aromatic rings. The molecule has 2 nitrogen and oxygen atoms in total. The summed E-state index contributed by atoms with van der Waals surface area (Å²) in [4.78, 5) is 4.16. The van der Waals surface area contributed by atoms with Gasteiger partial charge in [-0.05, 0) is 22.0 Å². The number of ether oxygens (including phenoxy) is 1. The molecule has 0 N–H and O–H groups in total. The second-order valence-electron chi connectivity index (χ2n) is 3.08. The van der Waals surface area contributed by atoms with Gasteiger partial charge in [-0.25, -0.2) is 4.98 Å². The van der Waals surface area contributed by atoms with Crippen LogP contribution in [0, 0.1) is 0 Å². The van der Waals surface area contributed by atoms with Crippen molar-refractivity contribution >= 4 is 38.9 Å². The van der Waals surface area contributed by atoms with Gasteiger partial charge in [0.05, 0.1) is 10.4 Å². The van der Waals surface area contributed by atoms with Crippen LogP contribution in [0.4, 0.5) is 0 Å². The van der Waals surface area contributed by atoms with Gasteiger partial charge in [0, 0.05) is 17.1 Å².